The van der Waals surface area contributed by atoms with Crippen molar-refractivity contribution < 1.29 is 29.9 Å². The monoisotopic (exact) mass is 370 g/mol. The lowest BCUT2D eigenvalue weighted by Gasteiger charge is -2.10. The summed E-state index contributed by atoms with van der Waals surface area (Å²) in [6.45, 7) is 1.54. The van der Waals surface area contributed by atoms with Crippen molar-refractivity contribution in [3.63, 3.8) is 0 Å². The van der Waals surface area contributed by atoms with Crippen LogP contribution in [0.4, 0.5) is 0 Å². The zero-order chi connectivity index (χ0) is 19.7. The Morgan fingerprint density at radius 1 is 1.07 bits per heavy atom. The fourth-order valence-electron chi connectivity index (χ4n) is 2.73. The summed E-state index contributed by atoms with van der Waals surface area (Å²) >= 11 is 0. The molecule has 3 rings (SSSR count). The number of phenols is 4. The Morgan fingerprint density at radius 2 is 1.81 bits per heavy atom. The molecule has 5 N–H and O–H groups in total. The van der Waals surface area contributed by atoms with Gasteiger partial charge in [-0.15, -0.1) is 0 Å². The number of benzene rings is 2. The van der Waals surface area contributed by atoms with Crippen LogP contribution >= 0.6 is 0 Å². The van der Waals surface area contributed by atoms with Crippen LogP contribution in [-0.4, -0.2) is 32.1 Å². The molecule has 0 saturated heterocycles. The first-order valence-corrected chi connectivity index (χ1v) is 8.12. The van der Waals surface area contributed by atoms with E-state index in [-0.39, 0.29) is 58.1 Å². The summed E-state index contributed by atoms with van der Waals surface area (Å²) in [4.78, 5) is 12.5. The molecule has 1 aromatic heterocycles. The first-order valence-electron chi connectivity index (χ1n) is 8.12. The maximum absolute atomic E-state index is 12.5. The van der Waals surface area contributed by atoms with Crippen molar-refractivity contribution in [2.45, 2.75) is 13.3 Å². The highest BCUT2D eigenvalue weighted by molar-refractivity contribution is 5.88. The van der Waals surface area contributed by atoms with Crippen LogP contribution in [0.2, 0.25) is 0 Å². The van der Waals surface area contributed by atoms with Gasteiger partial charge in [0, 0.05) is 23.8 Å². The molecule has 7 heteroatoms. The highest BCUT2D eigenvalue weighted by atomic mass is 16.3. The number of fused-ring (bicyclic) bond motifs is 1. The van der Waals surface area contributed by atoms with Crippen LogP contribution < -0.4 is 5.43 Å². The maximum atomic E-state index is 12.5. The van der Waals surface area contributed by atoms with Gasteiger partial charge in [0.05, 0.1) is 12.2 Å². The molecule has 0 saturated carbocycles. The van der Waals surface area contributed by atoms with Crippen molar-refractivity contribution in [2.75, 3.05) is 6.61 Å². The lowest BCUT2D eigenvalue weighted by Crippen LogP contribution is -2.02. The third kappa shape index (κ3) is 3.45. The van der Waals surface area contributed by atoms with Crippen molar-refractivity contribution in [3.8, 4) is 34.3 Å². The number of rotatable bonds is 4. The van der Waals surface area contributed by atoms with Crippen LogP contribution in [-0.2, 0) is 6.42 Å². The molecule has 0 radical (unpaired) electrons. The van der Waals surface area contributed by atoms with E-state index in [0.29, 0.717) is 5.57 Å². The quantitative estimate of drug-likeness (QED) is 0.446. The van der Waals surface area contributed by atoms with Crippen LogP contribution in [0.25, 0.3) is 22.3 Å². The van der Waals surface area contributed by atoms with Crippen molar-refractivity contribution in [1.29, 1.82) is 0 Å². The van der Waals surface area contributed by atoms with Gasteiger partial charge in [-0.25, -0.2) is 0 Å². The van der Waals surface area contributed by atoms with Crippen molar-refractivity contribution in [2.24, 2.45) is 0 Å². The Labute approximate surface area is 153 Å². The van der Waals surface area contributed by atoms with Gasteiger partial charge < -0.3 is 29.9 Å². The second-order valence-electron chi connectivity index (χ2n) is 6.19. The summed E-state index contributed by atoms with van der Waals surface area (Å²) in [7, 11) is 0. The summed E-state index contributed by atoms with van der Waals surface area (Å²) in [5.74, 6) is -1.08. The number of hydrogen-bond donors (Lipinski definition) is 5. The zero-order valence-corrected chi connectivity index (χ0v) is 14.4. The summed E-state index contributed by atoms with van der Waals surface area (Å²) < 4.78 is 5.60. The van der Waals surface area contributed by atoms with E-state index in [1.54, 1.807) is 13.0 Å². The molecular weight excluding hydrogens is 352 g/mol. The van der Waals surface area contributed by atoms with E-state index >= 15 is 0 Å². The van der Waals surface area contributed by atoms with E-state index in [4.69, 9.17) is 9.52 Å². The Morgan fingerprint density at radius 3 is 2.48 bits per heavy atom. The van der Waals surface area contributed by atoms with Crippen LogP contribution in [0.5, 0.6) is 23.0 Å². The van der Waals surface area contributed by atoms with Gasteiger partial charge in [0.25, 0.3) is 0 Å². The van der Waals surface area contributed by atoms with Gasteiger partial charge in [0.2, 0.25) is 0 Å². The lowest BCUT2D eigenvalue weighted by atomic mass is 10.0. The second kappa shape index (κ2) is 7.05. The van der Waals surface area contributed by atoms with Gasteiger partial charge >= 0.3 is 0 Å². The number of phenolic OH excluding ortho intramolecular Hbond substituents is 4. The minimum absolute atomic E-state index is 0.0209. The summed E-state index contributed by atoms with van der Waals surface area (Å²) in [5.41, 5.74) is 0.366. The number of aliphatic hydroxyl groups excluding tert-OH is 1. The fourth-order valence-corrected chi connectivity index (χ4v) is 2.73. The SMILES string of the molecule is C/C(=C\Cc1c(O)cc2oc(-c3ccc(O)cc3O)cc(=O)c2c1O)CO. The topological polar surface area (TPSA) is 131 Å². The number of allylic oxidation sites excluding steroid dienone is 1. The molecule has 0 fully saturated rings. The number of aromatic hydroxyl groups is 4. The third-order valence-corrected chi connectivity index (χ3v) is 4.23. The largest absolute Gasteiger partial charge is 0.508 e. The molecule has 2 aromatic carbocycles. The van der Waals surface area contributed by atoms with Gasteiger partial charge in [-0.2, -0.15) is 0 Å². The molecule has 3 aromatic rings. The number of hydrogen-bond acceptors (Lipinski definition) is 7. The van der Waals surface area contributed by atoms with Gasteiger partial charge in [0.15, 0.2) is 5.43 Å². The van der Waals surface area contributed by atoms with Gasteiger partial charge in [0.1, 0.15) is 39.7 Å². The normalized spacial score (nSPS) is 11.9. The number of aliphatic hydroxyl groups is 1. The molecule has 0 aliphatic rings. The Bertz CT molecular complexity index is 1110. The molecule has 0 spiro atoms. The average Bonchev–Trinajstić information content (AvgIpc) is 2.60. The first kappa shape index (κ1) is 18.3. The minimum atomic E-state index is -0.555. The van der Waals surface area contributed by atoms with E-state index in [9.17, 15) is 25.2 Å². The van der Waals surface area contributed by atoms with E-state index < -0.39 is 11.2 Å². The Kier molecular flexibility index (Phi) is 4.79. The summed E-state index contributed by atoms with van der Waals surface area (Å²) in [6, 6.07) is 6.14. The predicted molar refractivity (Wildman–Crippen MR) is 99.1 cm³/mol. The molecular formula is C20H18O7. The minimum Gasteiger partial charge on any atom is -0.508 e. The standard InChI is InChI=1S/C20H18O7/c1-10(9-21)2-4-13-15(24)7-18-19(20(13)26)16(25)8-17(27-18)12-5-3-11(22)6-14(12)23/h2-3,5-8,21-24,26H,4,9H2,1H3/b10-2+. The first-order chi connectivity index (χ1) is 12.8. The highest BCUT2D eigenvalue weighted by Gasteiger charge is 2.18. The van der Waals surface area contributed by atoms with E-state index in [2.05, 4.69) is 0 Å². The maximum Gasteiger partial charge on any atom is 0.197 e. The molecule has 0 aliphatic heterocycles. The lowest BCUT2D eigenvalue weighted by molar-refractivity contribution is 0.331. The molecule has 0 atom stereocenters. The molecule has 140 valence electrons. The third-order valence-electron chi connectivity index (χ3n) is 4.23. The van der Waals surface area contributed by atoms with Gasteiger partial charge in [-0.1, -0.05) is 11.6 Å². The van der Waals surface area contributed by atoms with Crippen molar-refractivity contribution in [1.82, 2.24) is 0 Å². The molecule has 0 bridgehead atoms. The summed E-state index contributed by atoms with van der Waals surface area (Å²) in [6.07, 6.45) is 1.75. The molecule has 0 unspecified atom stereocenters. The molecule has 0 amide bonds. The fraction of sp³-hybridized carbons (Fsp3) is 0.150. The molecule has 1 heterocycles. The summed E-state index contributed by atoms with van der Waals surface area (Å²) in [5, 5.41) is 49.0. The van der Waals surface area contributed by atoms with Crippen LogP contribution in [0.1, 0.15) is 12.5 Å². The van der Waals surface area contributed by atoms with Gasteiger partial charge in [-0.3, -0.25) is 4.79 Å². The van der Waals surface area contributed by atoms with Crippen LogP contribution in [0, 0.1) is 0 Å². The van der Waals surface area contributed by atoms with Crippen molar-refractivity contribution in [3.05, 3.63) is 57.8 Å². The molecule has 7 nitrogen and oxygen atoms in total. The highest BCUT2D eigenvalue weighted by Crippen LogP contribution is 2.38. The Hall–Kier alpha value is -3.45. The molecule has 27 heavy (non-hydrogen) atoms. The van der Waals surface area contributed by atoms with E-state index in [1.807, 2.05) is 0 Å². The average molecular weight is 370 g/mol. The van der Waals surface area contributed by atoms with E-state index in [1.165, 1.54) is 18.2 Å². The molecule has 0 aliphatic carbocycles. The van der Waals surface area contributed by atoms with Crippen LogP contribution in [0.3, 0.4) is 0 Å². The zero-order valence-electron chi connectivity index (χ0n) is 14.4. The predicted octanol–water partition coefficient (Wildman–Crippen LogP) is 2.76. The Balaban J connectivity index is 2.19. The smallest absolute Gasteiger partial charge is 0.197 e. The second-order valence-corrected chi connectivity index (χ2v) is 6.19. The van der Waals surface area contributed by atoms with Gasteiger partial charge in [-0.05, 0) is 25.5 Å². The van der Waals surface area contributed by atoms with Crippen LogP contribution in [0.15, 0.2) is 51.2 Å². The van der Waals surface area contributed by atoms with E-state index in [0.717, 1.165) is 12.1 Å². The van der Waals surface area contributed by atoms with Crippen molar-refractivity contribution >= 4 is 11.0 Å².